The number of hydrogen-bond donors (Lipinski definition) is 1. The lowest BCUT2D eigenvalue weighted by atomic mass is 10.1. The van der Waals surface area contributed by atoms with E-state index >= 15 is 0 Å². The van der Waals surface area contributed by atoms with Crippen LogP contribution in [0.3, 0.4) is 0 Å². The summed E-state index contributed by atoms with van der Waals surface area (Å²) >= 11 is 5.77. The van der Waals surface area contributed by atoms with Gasteiger partial charge in [-0.05, 0) is 54.1 Å². The van der Waals surface area contributed by atoms with Crippen LogP contribution < -0.4 is 10.2 Å². The maximum atomic E-state index is 12.3. The molecule has 12 heteroatoms. The van der Waals surface area contributed by atoms with Gasteiger partial charge in [-0.1, -0.05) is 11.6 Å². The van der Waals surface area contributed by atoms with Crippen LogP contribution in [0.4, 0.5) is 11.4 Å². The van der Waals surface area contributed by atoms with Crippen molar-refractivity contribution in [2.24, 2.45) is 5.10 Å². The van der Waals surface area contributed by atoms with E-state index in [1.54, 1.807) is 24.3 Å². The van der Waals surface area contributed by atoms with E-state index in [0.29, 0.717) is 16.1 Å². The molecular weight excluding hydrogens is 456 g/mol. The van der Waals surface area contributed by atoms with Crippen molar-refractivity contribution < 1.29 is 24.2 Å². The molecule has 0 radical (unpaired) electrons. The van der Waals surface area contributed by atoms with E-state index < -0.39 is 33.1 Å². The standard InChI is InChI=1S/C21H13ClN4O7/c22-16-5-3-14(4-6-16)20(27)24-23-12-13-1-7-19(8-2-13)33-21(28)15-9-17(25(29)30)11-18(10-15)26(31)32/h1-12H,(H,24,27)/b23-12+. The Hall–Kier alpha value is -4.64. The highest BCUT2D eigenvalue weighted by atomic mass is 35.5. The van der Waals surface area contributed by atoms with Gasteiger partial charge in [0.25, 0.3) is 17.3 Å². The Morgan fingerprint density at radius 2 is 1.45 bits per heavy atom. The third kappa shape index (κ3) is 6.18. The number of non-ortho nitro benzene ring substituents is 2. The average molecular weight is 469 g/mol. The van der Waals surface area contributed by atoms with Crippen molar-refractivity contribution >= 4 is 41.1 Å². The van der Waals surface area contributed by atoms with Gasteiger partial charge in [-0.3, -0.25) is 25.0 Å². The largest absolute Gasteiger partial charge is 0.423 e. The maximum Gasteiger partial charge on any atom is 0.344 e. The van der Waals surface area contributed by atoms with Crippen molar-refractivity contribution in [3.8, 4) is 5.75 Å². The lowest BCUT2D eigenvalue weighted by Crippen LogP contribution is -2.17. The van der Waals surface area contributed by atoms with E-state index in [2.05, 4.69) is 10.5 Å². The number of benzene rings is 3. The number of nitro benzene ring substituents is 2. The summed E-state index contributed by atoms with van der Waals surface area (Å²) in [6.07, 6.45) is 1.36. The maximum absolute atomic E-state index is 12.3. The van der Waals surface area contributed by atoms with Crippen LogP contribution in [0.25, 0.3) is 0 Å². The predicted molar refractivity (Wildman–Crippen MR) is 118 cm³/mol. The highest BCUT2D eigenvalue weighted by Crippen LogP contribution is 2.24. The monoisotopic (exact) mass is 468 g/mol. The first-order valence-corrected chi connectivity index (χ1v) is 9.46. The van der Waals surface area contributed by atoms with E-state index in [1.807, 2.05) is 0 Å². The molecule has 0 aliphatic carbocycles. The van der Waals surface area contributed by atoms with E-state index in [0.717, 1.165) is 18.2 Å². The Bertz CT molecular complexity index is 1230. The quantitative estimate of drug-likeness (QED) is 0.179. The molecule has 0 fully saturated rings. The van der Waals surface area contributed by atoms with Gasteiger partial charge in [0.05, 0.1) is 27.7 Å². The fourth-order valence-corrected chi connectivity index (χ4v) is 2.67. The van der Waals surface area contributed by atoms with Crippen molar-refractivity contribution in [3.63, 3.8) is 0 Å². The predicted octanol–water partition coefficient (Wildman–Crippen LogP) is 4.14. The van der Waals surface area contributed by atoms with E-state index in [-0.39, 0.29) is 11.3 Å². The fraction of sp³-hybridized carbons (Fsp3) is 0. The molecule has 0 bridgehead atoms. The summed E-state index contributed by atoms with van der Waals surface area (Å²) in [4.78, 5) is 44.5. The molecule has 0 spiro atoms. The number of esters is 1. The summed E-state index contributed by atoms with van der Waals surface area (Å²) in [6.45, 7) is 0. The van der Waals surface area contributed by atoms with Crippen LogP contribution in [0.2, 0.25) is 5.02 Å². The van der Waals surface area contributed by atoms with Crippen LogP contribution in [0.1, 0.15) is 26.3 Å². The van der Waals surface area contributed by atoms with Crippen LogP contribution >= 0.6 is 11.6 Å². The van der Waals surface area contributed by atoms with Gasteiger partial charge in [0.15, 0.2) is 0 Å². The number of nitrogens with one attached hydrogen (secondary N) is 1. The van der Waals surface area contributed by atoms with E-state index in [9.17, 15) is 29.8 Å². The van der Waals surface area contributed by atoms with E-state index in [1.165, 1.54) is 30.5 Å². The van der Waals surface area contributed by atoms with Crippen LogP contribution in [0.15, 0.2) is 71.8 Å². The van der Waals surface area contributed by atoms with Crippen molar-refractivity contribution in [1.82, 2.24) is 5.43 Å². The number of halogens is 1. The zero-order valence-electron chi connectivity index (χ0n) is 16.5. The fourth-order valence-electron chi connectivity index (χ4n) is 2.54. The van der Waals surface area contributed by atoms with Gasteiger partial charge >= 0.3 is 5.97 Å². The summed E-state index contributed by atoms with van der Waals surface area (Å²) in [5.41, 5.74) is 1.74. The molecule has 0 heterocycles. The topological polar surface area (TPSA) is 154 Å². The molecule has 0 aromatic heterocycles. The summed E-state index contributed by atoms with van der Waals surface area (Å²) in [5, 5.41) is 26.2. The highest BCUT2D eigenvalue weighted by molar-refractivity contribution is 6.30. The molecule has 0 unspecified atom stereocenters. The van der Waals surface area contributed by atoms with Gasteiger partial charge in [-0.15, -0.1) is 0 Å². The molecule has 0 saturated carbocycles. The summed E-state index contributed by atoms with van der Waals surface area (Å²) < 4.78 is 5.13. The number of nitrogens with zero attached hydrogens (tertiary/aromatic N) is 3. The van der Waals surface area contributed by atoms with Crippen LogP contribution in [-0.2, 0) is 0 Å². The third-order valence-electron chi connectivity index (χ3n) is 4.14. The molecule has 3 rings (SSSR count). The van der Waals surface area contributed by atoms with Crippen molar-refractivity contribution in [2.75, 3.05) is 0 Å². The molecular formula is C21H13ClN4O7. The Balaban J connectivity index is 1.64. The lowest BCUT2D eigenvalue weighted by Gasteiger charge is -2.05. The molecule has 166 valence electrons. The molecule has 0 aliphatic heterocycles. The number of rotatable bonds is 7. The van der Waals surface area contributed by atoms with Crippen molar-refractivity contribution in [3.05, 3.63) is 109 Å². The zero-order valence-corrected chi connectivity index (χ0v) is 17.3. The molecule has 1 N–H and O–H groups in total. The summed E-state index contributed by atoms with van der Waals surface area (Å²) in [6, 6.07) is 14.7. The first-order valence-electron chi connectivity index (χ1n) is 9.08. The third-order valence-corrected chi connectivity index (χ3v) is 4.39. The number of carbonyl (C=O) groups is 2. The second-order valence-corrected chi connectivity index (χ2v) is 6.85. The molecule has 0 aliphatic rings. The van der Waals surface area contributed by atoms with Gasteiger partial charge in [0, 0.05) is 22.7 Å². The van der Waals surface area contributed by atoms with E-state index in [4.69, 9.17) is 16.3 Å². The second-order valence-electron chi connectivity index (χ2n) is 6.42. The van der Waals surface area contributed by atoms with Gasteiger partial charge in [0.2, 0.25) is 0 Å². The Labute approximate surface area is 190 Å². The lowest BCUT2D eigenvalue weighted by molar-refractivity contribution is -0.394. The second kappa shape index (κ2) is 10.1. The number of ether oxygens (including phenoxy) is 1. The van der Waals surface area contributed by atoms with Crippen molar-refractivity contribution in [1.29, 1.82) is 0 Å². The zero-order chi connectivity index (χ0) is 24.0. The minimum Gasteiger partial charge on any atom is -0.423 e. The van der Waals surface area contributed by atoms with Crippen LogP contribution in [0.5, 0.6) is 5.75 Å². The SMILES string of the molecule is O=C(N/N=C/c1ccc(OC(=O)c2cc([N+](=O)[O-])cc([N+](=O)[O-])c2)cc1)c1ccc(Cl)cc1. The minimum atomic E-state index is -1.00. The van der Waals surface area contributed by atoms with Crippen LogP contribution in [-0.4, -0.2) is 27.9 Å². The van der Waals surface area contributed by atoms with Crippen molar-refractivity contribution in [2.45, 2.75) is 0 Å². The summed E-state index contributed by atoms with van der Waals surface area (Å²) in [5.74, 6) is -1.34. The minimum absolute atomic E-state index is 0.0940. The van der Waals surface area contributed by atoms with Gasteiger partial charge < -0.3 is 4.74 Å². The highest BCUT2D eigenvalue weighted by Gasteiger charge is 2.21. The number of hydrazone groups is 1. The number of hydrogen-bond acceptors (Lipinski definition) is 8. The average Bonchev–Trinajstić information content (AvgIpc) is 2.80. The number of amides is 1. The molecule has 1 amide bonds. The Morgan fingerprint density at radius 1 is 0.879 bits per heavy atom. The normalized spacial score (nSPS) is 10.6. The number of nitro groups is 2. The molecule has 11 nitrogen and oxygen atoms in total. The molecule has 33 heavy (non-hydrogen) atoms. The van der Waals surface area contributed by atoms with Gasteiger partial charge in [-0.25, -0.2) is 10.2 Å². The summed E-state index contributed by atoms with van der Waals surface area (Å²) in [7, 11) is 0. The van der Waals surface area contributed by atoms with Gasteiger partial charge in [-0.2, -0.15) is 5.10 Å². The molecule has 0 atom stereocenters. The number of carbonyl (C=O) groups excluding carboxylic acids is 2. The van der Waals surface area contributed by atoms with Crippen LogP contribution in [0, 0.1) is 20.2 Å². The Kier molecular flexibility index (Phi) is 7.06. The van der Waals surface area contributed by atoms with Gasteiger partial charge in [0.1, 0.15) is 5.75 Å². The first-order chi connectivity index (χ1) is 15.7. The Morgan fingerprint density at radius 3 is 2.00 bits per heavy atom. The molecule has 3 aromatic rings. The molecule has 0 saturated heterocycles. The molecule has 3 aromatic carbocycles. The smallest absolute Gasteiger partial charge is 0.344 e. The first kappa shape index (κ1) is 23.0.